The van der Waals surface area contributed by atoms with Crippen molar-refractivity contribution in [2.75, 3.05) is 5.73 Å². The van der Waals surface area contributed by atoms with Gasteiger partial charge in [-0.15, -0.1) is 5.10 Å². The Balaban J connectivity index is 2.10. The molecule has 0 bridgehead atoms. The van der Waals surface area contributed by atoms with E-state index in [1.54, 1.807) is 0 Å². The fourth-order valence-corrected chi connectivity index (χ4v) is 2.23. The van der Waals surface area contributed by atoms with Crippen molar-refractivity contribution in [3.05, 3.63) is 42.0 Å². The van der Waals surface area contributed by atoms with E-state index in [2.05, 4.69) is 28.9 Å². The number of hydrogen-bond donors (Lipinski definition) is 1. The van der Waals surface area contributed by atoms with E-state index in [0.29, 0.717) is 17.3 Å². The first-order valence-corrected chi connectivity index (χ1v) is 6.86. The van der Waals surface area contributed by atoms with E-state index in [4.69, 9.17) is 5.73 Å². The van der Waals surface area contributed by atoms with Crippen molar-refractivity contribution in [1.29, 1.82) is 0 Å². The molecule has 1 atom stereocenters. The van der Waals surface area contributed by atoms with Crippen LogP contribution in [0.2, 0.25) is 0 Å². The second kappa shape index (κ2) is 5.12. The van der Waals surface area contributed by atoms with Crippen LogP contribution < -0.4 is 5.73 Å². The number of pyridine rings is 1. The molecule has 3 aromatic heterocycles. The van der Waals surface area contributed by atoms with Gasteiger partial charge in [0.25, 0.3) is 0 Å². The smallest absolute Gasteiger partial charge is 0.238 e. The molecule has 0 spiro atoms. The van der Waals surface area contributed by atoms with Gasteiger partial charge in [0, 0.05) is 12.3 Å². The van der Waals surface area contributed by atoms with Crippen molar-refractivity contribution in [3.63, 3.8) is 0 Å². The lowest BCUT2D eigenvalue weighted by atomic mass is 10.0. The van der Waals surface area contributed by atoms with Crippen LogP contribution in [0, 0.1) is 5.82 Å². The number of rotatable bonds is 3. The minimum absolute atomic E-state index is 0.0931. The van der Waals surface area contributed by atoms with Crippen molar-refractivity contribution >= 4 is 11.5 Å². The number of nitrogens with two attached hydrogens (primary N) is 1. The summed E-state index contributed by atoms with van der Waals surface area (Å²) in [4.78, 5) is 8.23. The summed E-state index contributed by atoms with van der Waals surface area (Å²) in [6, 6.07) is 5.29. The summed E-state index contributed by atoms with van der Waals surface area (Å²) in [5, 5.41) is 4.05. The lowest BCUT2D eigenvalue weighted by Gasteiger charge is -2.09. The van der Waals surface area contributed by atoms with Crippen molar-refractivity contribution in [3.8, 4) is 11.4 Å². The van der Waals surface area contributed by atoms with Crippen LogP contribution >= 0.6 is 0 Å². The van der Waals surface area contributed by atoms with Gasteiger partial charge in [0.1, 0.15) is 5.52 Å². The summed E-state index contributed by atoms with van der Waals surface area (Å²) in [6.45, 7) is 4.28. The average molecular weight is 285 g/mol. The highest BCUT2D eigenvalue weighted by Gasteiger charge is 2.14. The van der Waals surface area contributed by atoms with E-state index in [9.17, 15) is 4.39 Å². The van der Waals surface area contributed by atoms with Crippen LogP contribution in [0.4, 0.5) is 10.3 Å². The van der Waals surface area contributed by atoms with Gasteiger partial charge < -0.3 is 5.73 Å². The fraction of sp³-hybridized carbons (Fsp3) is 0.267. The van der Waals surface area contributed by atoms with Crippen LogP contribution in [0.25, 0.3) is 16.9 Å². The Morgan fingerprint density at radius 1 is 1.29 bits per heavy atom. The first kappa shape index (κ1) is 13.5. The first-order chi connectivity index (χ1) is 10.1. The van der Waals surface area contributed by atoms with Gasteiger partial charge in [0.15, 0.2) is 5.82 Å². The SMILES string of the molecule is CCC(C)c1ccc(-c2cc(F)c3cnc(N)nn23)nc1. The molecule has 2 N–H and O–H groups in total. The van der Waals surface area contributed by atoms with E-state index < -0.39 is 5.82 Å². The highest BCUT2D eigenvalue weighted by molar-refractivity contribution is 5.64. The summed E-state index contributed by atoms with van der Waals surface area (Å²) >= 11 is 0. The zero-order chi connectivity index (χ0) is 15.0. The molecule has 0 saturated heterocycles. The van der Waals surface area contributed by atoms with Gasteiger partial charge in [-0.05, 0) is 24.0 Å². The average Bonchev–Trinajstić information content (AvgIpc) is 2.83. The van der Waals surface area contributed by atoms with Crippen molar-refractivity contribution in [2.45, 2.75) is 26.2 Å². The molecule has 0 aliphatic carbocycles. The molecule has 3 rings (SSSR count). The van der Waals surface area contributed by atoms with Crippen molar-refractivity contribution < 1.29 is 4.39 Å². The highest BCUT2D eigenvalue weighted by atomic mass is 19.1. The monoisotopic (exact) mass is 285 g/mol. The molecule has 0 amide bonds. The van der Waals surface area contributed by atoms with Gasteiger partial charge in [-0.2, -0.15) is 0 Å². The zero-order valence-corrected chi connectivity index (χ0v) is 11.9. The lowest BCUT2D eigenvalue weighted by molar-refractivity contribution is 0.638. The maximum absolute atomic E-state index is 13.9. The first-order valence-electron chi connectivity index (χ1n) is 6.86. The Morgan fingerprint density at radius 2 is 2.10 bits per heavy atom. The van der Waals surface area contributed by atoms with Crippen LogP contribution in [-0.4, -0.2) is 19.6 Å². The standard InChI is InChI=1S/C15H16FN5/c1-3-9(2)10-4-5-12(18-7-10)13-6-11(16)14-8-19-15(17)20-21(13)14/h4-9H,3H2,1-2H3,(H2,17,20). The van der Waals surface area contributed by atoms with Gasteiger partial charge in [-0.1, -0.05) is 19.9 Å². The number of fused-ring (bicyclic) bond motifs is 1. The van der Waals surface area contributed by atoms with Crippen molar-refractivity contribution in [2.24, 2.45) is 0 Å². The van der Waals surface area contributed by atoms with Crippen molar-refractivity contribution in [1.82, 2.24) is 19.6 Å². The topological polar surface area (TPSA) is 69.1 Å². The molecule has 0 aliphatic rings. The molecule has 0 saturated carbocycles. The summed E-state index contributed by atoms with van der Waals surface area (Å²) in [5.41, 5.74) is 8.24. The molecule has 6 heteroatoms. The van der Waals surface area contributed by atoms with Crippen LogP contribution in [0.1, 0.15) is 31.7 Å². The summed E-state index contributed by atoms with van der Waals surface area (Å²) in [5.74, 6) is 0.152. The Kier molecular flexibility index (Phi) is 3.29. The molecule has 3 heterocycles. The van der Waals surface area contributed by atoms with Crippen LogP contribution in [-0.2, 0) is 0 Å². The predicted molar refractivity (Wildman–Crippen MR) is 79.3 cm³/mol. The third-order valence-electron chi connectivity index (χ3n) is 3.72. The fourth-order valence-electron chi connectivity index (χ4n) is 2.23. The third-order valence-corrected chi connectivity index (χ3v) is 3.72. The van der Waals surface area contributed by atoms with E-state index in [0.717, 1.165) is 12.0 Å². The number of aromatic nitrogens is 4. The Hall–Kier alpha value is -2.50. The minimum atomic E-state index is -0.391. The van der Waals surface area contributed by atoms with E-state index in [1.165, 1.54) is 16.8 Å². The van der Waals surface area contributed by atoms with Gasteiger partial charge >= 0.3 is 0 Å². The van der Waals surface area contributed by atoms with Crippen LogP contribution in [0.15, 0.2) is 30.6 Å². The lowest BCUT2D eigenvalue weighted by Crippen LogP contribution is -2.02. The molecule has 0 aromatic carbocycles. The maximum atomic E-state index is 13.9. The van der Waals surface area contributed by atoms with Gasteiger partial charge in [-0.25, -0.2) is 13.9 Å². The second-order valence-electron chi connectivity index (χ2n) is 5.08. The molecular weight excluding hydrogens is 269 g/mol. The van der Waals surface area contributed by atoms with E-state index in [-0.39, 0.29) is 11.5 Å². The molecule has 21 heavy (non-hydrogen) atoms. The van der Waals surface area contributed by atoms with Gasteiger partial charge in [0.05, 0.1) is 17.6 Å². The van der Waals surface area contributed by atoms with Gasteiger partial charge in [-0.3, -0.25) is 4.98 Å². The van der Waals surface area contributed by atoms with Crippen LogP contribution in [0.5, 0.6) is 0 Å². The zero-order valence-electron chi connectivity index (χ0n) is 11.9. The normalized spacial score (nSPS) is 12.7. The number of nitrogens with zero attached hydrogens (tertiary/aromatic N) is 4. The predicted octanol–water partition coefficient (Wildman–Crippen LogP) is 3.03. The van der Waals surface area contributed by atoms with E-state index >= 15 is 0 Å². The quantitative estimate of drug-likeness (QED) is 0.803. The maximum Gasteiger partial charge on any atom is 0.238 e. The molecule has 3 aromatic rings. The molecule has 0 radical (unpaired) electrons. The molecule has 1 unspecified atom stereocenters. The summed E-state index contributed by atoms with van der Waals surface area (Å²) in [7, 11) is 0. The molecule has 108 valence electrons. The largest absolute Gasteiger partial charge is 0.367 e. The molecule has 0 fully saturated rings. The number of hydrogen-bond acceptors (Lipinski definition) is 4. The van der Waals surface area contributed by atoms with Gasteiger partial charge in [0.2, 0.25) is 5.95 Å². The summed E-state index contributed by atoms with van der Waals surface area (Å²) < 4.78 is 15.4. The van der Waals surface area contributed by atoms with Crippen LogP contribution in [0.3, 0.4) is 0 Å². The molecule has 0 aliphatic heterocycles. The second-order valence-corrected chi connectivity index (χ2v) is 5.08. The third kappa shape index (κ3) is 2.33. The minimum Gasteiger partial charge on any atom is -0.367 e. The van der Waals surface area contributed by atoms with E-state index in [1.807, 2.05) is 18.3 Å². The highest BCUT2D eigenvalue weighted by Crippen LogP contribution is 2.25. The Bertz CT molecular complexity index is 779. The summed E-state index contributed by atoms with van der Waals surface area (Å²) in [6.07, 6.45) is 4.24. The molecule has 5 nitrogen and oxygen atoms in total. The number of nitrogen functional groups attached to an aromatic ring is 1. The molecular formula is C15H16FN5. The number of anilines is 1. The number of halogens is 1. The Labute approximate surface area is 121 Å². The Morgan fingerprint density at radius 3 is 2.76 bits per heavy atom.